The van der Waals surface area contributed by atoms with E-state index < -0.39 is 10.7 Å². The zero-order valence-corrected chi connectivity index (χ0v) is 10.5. The largest absolute Gasteiger partial charge is 0.430 e. The zero-order valence-electron chi connectivity index (χ0n) is 10.5. The Morgan fingerprint density at radius 2 is 2.15 bits per heavy atom. The summed E-state index contributed by atoms with van der Waals surface area (Å²) in [5, 5.41) is 10.9. The lowest BCUT2D eigenvalue weighted by atomic mass is 10.2. The highest BCUT2D eigenvalue weighted by atomic mass is 19.1. The molecular formula is C12H11FN4O3. The Labute approximate surface area is 113 Å². The molecule has 0 fully saturated rings. The second-order valence-electron chi connectivity index (χ2n) is 3.96. The summed E-state index contributed by atoms with van der Waals surface area (Å²) in [6.45, 7) is 1.74. The van der Waals surface area contributed by atoms with Gasteiger partial charge in [0.1, 0.15) is 5.82 Å². The zero-order chi connectivity index (χ0) is 14.7. The number of pyridine rings is 1. The van der Waals surface area contributed by atoms with Crippen LogP contribution in [-0.4, -0.2) is 9.91 Å². The first-order chi connectivity index (χ1) is 9.51. The number of aromatic nitrogens is 1. The van der Waals surface area contributed by atoms with E-state index in [9.17, 15) is 14.5 Å². The molecule has 1 aromatic carbocycles. The van der Waals surface area contributed by atoms with Gasteiger partial charge in [-0.15, -0.1) is 0 Å². The quantitative estimate of drug-likeness (QED) is 0.506. The Morgan fingerprint density at radius 3 is 2.80 bits per heavy atom. The lowest BCUT2D eigenvalue weighted by Gasteiger charge is -2.08. The van der Waals surface area contributed by atoms with Gasteiger partial charge >= 0.3 is 11.6 Å². The van der Waals surface area contributed by atoms with Crippen LogP contribution in [0.3, 0.4) is 0 Å². The number of hydrogen-bond acceptors (Lipinski definition) is 6. The Balaban J connectivity index is 2.45. The van der Waals surface area contributed by atoms with Crippen LogP contribution in [0.4, 0.5) is 15.9 Å². The van der Waals surface area contributed by atoms with Crippen molar-refractivity contribution in [2.45, 2.75) is 6.92 Å². The molecule has 104 valence electrons. The number of halogens is 1. The van der Waals surface area contributed by atoms with Crippen LogP contribution in [0.5, 0.6) is 11.6 Å². The predicted octanol–water partition coefficient (Wildman–Crippen LogP) is 2.52. The van der Waals surface area contributed by atoms with E-state index in [4.69, 9.17) is 10.6 Å². The average molecular weight is 278 g/mol. The fourth-order valence-electron chi connectivity index (χ4n) is 1.52. The maximum Gasteiger partial charge on any atom is 0.331 e. The number of anilines is 1. The molecule has 0 aliphatic carbocycles. The molecule has 0 radical (unpaired) electrons. The Bertz CT molecular complexity index is 663. The van der Waals surface area contributed by atoms with Gasteiger partial charge in [0, 0.05) is 6.07 Å². The van der Waals surface area contributed by atoms with Gasteiger partial charge in [-0.05, 0) is 30.7 Å². The number of hydrogen-bond donors (Lipinski definition) is 2. The van der Waals surface area contributed by atoms with Crippen molar-refractivity contribution in [3.8, 4) is 11.6 Å². The summed E-state index contributed by atoms with van der Waals surface area (Å²) in [5.41, 5.74) is 2.60. The molecular weight excluding hydrogens is 267 g/mol. The molecule has 3 N–H and O–H groups in total. The van der Waals surface area contributed by atoms with Crippen LogP contribution < -0.4 is 16.0 Å². The third-order valence-electron chi connectivity index (χ3n) is 2.48. The van der Waals surface area contributed by atoms with Crippen molar-refractivity contribution in [1.82, 2.24) is 4.98 Å². The van der Waals surface area contributed by atoms with Crippen molar-refractivity contribution < 1.29 is 14.1 Å². The SMILES string of the molecule is Cc1ccc(F)c(Oc2nc(NN)ccc2[N+](=O)[O-])c1. The summed E-state index contributed by atoms with van der Waals surface area (Å²) in [6, 6.07) is 6.68. The van der Waals surface area contributed by atoms with Crippen molar-refractivity contribution in [2.75, 3.05) is 5.43 Å². The van der Waals surface area contributed by atoms with E-state index in [0.717, 1.165) is 5.56 Å². The number of hydrazine groups is 1. The van der Waals surface area contributed by atoms with E-state index in [-0.39, 0.29) is 23.1 Å². The van der Waals surface area contributed by atoms with E-state index in [1.165, 1.54) is 24.3 Å². The lowest BCUT2D eigenvalue weighted by molar-refractivity contribution is -0.386. The second-order valence-corrected chi connectivity index (χ2v) is 3.96. The Morgan fingerprint density at radius 1 is 1.40 bits per heavy atom. The number of nitrogens with one attached hydrogen (secondary N) is 1. The van der Waals surface area contributed by atoms with Crippen molar-refractivity contribution >= 4 is 11.5 Å². The van der Waals surface area contributed by atoms with Crippen LogP contribution >= 0.6 is 0 Å². The van der Waals surface area contributed by atoms with Gasteiger partial charge in [0.2, 0.25) is 0 Å². The molecule has 0 amide bonds. The molecule has 0 aliphatic heterocycles. The Hall–Kier alpha value is -2.74. The molecule has 0 bridgehead atoms. The van der Waals surface area contributed by atoms with Gasteiger partial charge in [-0.25, -0.2) is 10.2 Å². The summed E-state index contributed by atoms with van der Waals surface area (Å²) >= 11 is 0. The van der Waals surface area contributed by atoms with E-state index >= 15 is 0 Å². The molecule has 20 heavy (non-hydrogen) atoms. The minimum Gasteiger partial charge on any atom is -0.430 e. The standard InChI is InChI=1S/C12H11FN4O3/c1-7-2-3-8(13)10(6-7)20-12-9(17(18)19)4-5-11(15-12)16-14/h2-6H,14H2,1H3,(H,15,16). The minimum atomic E-state index is -0.670. The third-order valence-corrected chi connectivity index (χ3v) is 2.48. The molecule has 1 aromatic heterocycles. The summed E-state index contributed by atoms with van der Waals surface area (Å²) in [7, 11) is 0. The highest BCUT2D eigenvalue weighted by Crippen LogP contribution is 2.32. The van der Waals surface area contributed by atoms with E-state index in [2.05, 4.69) is 10.4 Å². The summed E-state index contributed by atoms with van der Waals surface area (Å²) in [6.07, 6.45) is 0. The van der Waals surface area contributed by atoms with Crippen molar-refractivity contribution in [3.63, 3.8) is 0 Å². The number of benzene rings is 1. The smallest absolute Gasteiger partial charge is 0.331 e. The number of ether oxygens (including phenoxy) is 1. The average Bonchev–Trinajstić information content (AvgIpc) is 2.42. The highest BCUT2D eigenvalue weighted by Gasteiger charge is 2.19. The van der Waals surface area contributed by atoms with Crippen LogP contribution in [0, 0.1) is 22.9 Å². The van der Waals surface area contributed by atoms with Gasteiger partial charge in [0.25, 0.3) is 0 Å². The van der Waals surface area contributed by atoms with Crippen LogP contribution in [0.25, 0.3) is 0 Å². The fourth-order valence-corrected chi connectivity index (χ4v) is 1.52. The summed E-state index contributed by atoms with van der Waals surface area (Å²) in [5.74, 6) is 4.22. The summed E-state index contributed by atoms with van der Waals surface area (Å²) < 4.78 is 18.8. The van der Waals surface area contributed by atoms with Gasteiger partial charge in [-0.1, -0.05) is 6.07 Å². The molecule has 8 heteroatoms. The lowest BCUT2D eigenvalue weighted by Crippen LogP contribution is -2.09. The molecule has 0 aliphatic rings. The monoisotopic (exact) mass is 278 g/mol. The second kappa shape index (κ2) is 5.49. The number of nitro groups is 1. The number of nitrogens with two attached hydrogens (primary N) is 1. The molecule has 1 heterocycles. The van der Waals surface area contributed by atoms with Gasteiger partial charge in [0.05, 0.1) is 4.92 Å². The van der Waals surface area contributed by atoms with Crippen molar-refractivity contribution in [1.29, 1.82) is 0 Å². The Kier molecular flexibility index (Phi) is 3.76. The molecule has 2 rings (SSSR count). The molecule has 0 saturated heterocycles. The number of rotatable bonds is 4. The maximum atomic E-state index is 13.6. The van der Waals surface area contributed by atoms with Crippen LogP contribution in [0.2, 0.25) is 0 Å². The summed E-state index contributed by atoms with van der Waals surface area (Å²) in [4.78, 5) is 14.0. The van der Waals surface area contributed by atoms with Gasteiger partial charge in [-0.2, -0.15) is 4.98 Å². The molecule has 0 saturated carbocycles. The third kappa shape index (κ3) is 2.81. The van der Waals surface area contributed by atoms with Gasteiger partial charge in [0.15, 0.2) is 11.6 Å². The molecule has 0 atom stereocenters. The normalized spacial score (nSPS) is 10.2. The maximum absolute atomic E-state index is 13.6. The van der Waals surface area contributed by atoms with Crippen LogP contribution in [0.1, 0.15) is 5.56 Å². The van der Waals surface area contributed by atoms with E-state index in [1.54, 1.807) is 13.0 Å². The fraction of sp³-hybridized carbons (Fsp3) is 0.0833. The van der Waals surface area contributed by atoms with E-state index in [1.807, 2.05) is 0 Å². The molecule has 0 unspecified atom stereocenters. The first-order valence-electron chi connectivity index (χ1n) is 5.57. The number of nitrogens with zero attached hydrogens (tertiary/aromatic N) is 2. The van der Waals surface area contributed by atoms with Crippen molar-refractivity contribution in [3.05, 3.63) is 51.8 Å². The minimum absolute atomic E-state index is 0.144. The highest BCUT2D eigenvalue weighted by molar-refractivity contribution is 5.50. The molecule has 0 spiro atoms. The first kappa shape index (κ1) is 13.7. The van der Waals surface area contributed by atoms with Crippen LogP contribution in [0.15, 0.2) is 30.3 Å². The predicted molar refractivity (Wildman–Crippen MR) is 69.9 cm³/mol. The topological polar surface area (TPSA) is 103 Å². The number of nitrogen functional groups attached to an aromatic ring is 1. The molecule has 7 nitrogen and oxygen atoms in total. The first-order valence-corrected chi connectivity index (χ1v) is 5.57. The van der Waals surface area contributed by atoms with E-state index in [0.29, 0.717) is 0 Å². The number of aryl methyl sites for hydroxylation is 1. The van der Waals surface area contributed by atoms with Crippen LogP contribution in [-0.2, 0) is 0 Å². The molecule has 2 aromatic rings. The van der Waals surface area contributed by atoms with Gasteiger partial charge < -0.3 is 10.2 Å². The van der Waals surface area contributed by atoms with Gasteiger partial charge in [-0.3, -0.25) is 10.1 Å². The van der Waals surface area contributed by atoms with Crippen molar-refractivity contribution in [2.24, 2.45) is 5.84 Å².